The molecule has 0 aromatic heterocycles. The van der Waals surface area contributed by atoms with Crippen molar-refractivity contribution in [3.63, 3.8) is 0 Å². The number of carbonyl (C=O) groups is 3. The zero-order valence-electron chi connectivity index (χ0n) is 13.6. The predicted octanol–water partition coefficient (Wildman–Crippen LogP) is -0.481. The molecule has 0 amide bonds. The molecule has 0 aromatic rings. The fraction of sp³-hybridized carbons (Fsp3) is 0.400. The molecule has 0 aliphatic carbocycles. The number of allylic oxidation sites excluding steroid dienone is 6. The maximum Gasteiger partial charge on any atom is 3.00 e. The summed E-state index contributed by atoms with van der Waals surface area (Å²) >= 11 is 0. The van der Waals surface area contributed by atoms with Crippen LogP contribution in [-0.4, -0.2) is 17.3 Å². The van der Waals surface area contributed by atoms with Crippen LogP contribution in [0.1, 0.15) is 41.5 Å². The summed E-state index contributed by atoms with van der Waals surface area (Å²) in [5.74, 6) is -1.12. The molecule has 0 fully saturated rings. The van der Waals surface area contributed by atoms with Gasteiger partial charge in [0.05, 0.1) is 0 Å². The van der Waals surface area contributed by atoms with Crippen molar-refractivity contribution in [1.82, 2.24) is 0 Å². The summed E-state index contributed by atoms with van der Waals surface area (Å²) in [6.07, 6.45) is 3.17. The third kappa shape index (κ3) is 50.9. The van der Waals surface area contributed by atoms with Crippen molar-refractivity contribution < 1.29 is 70.1 Å². The number of carbonyl (C=O) groups excluding carboxylic acids is 3. The Morgan fingerprint density at radius 1 is 0.545 bits per heavy atom. The van der Waals surface area contributed by atoms with Gasteiger partial charge < -0.3 is 15.3 Å². The first kappa shape index (κ1) is 29.0. The van der Waals surface area contributed by atoms with Gasteiger partial charge in [0, 0.05) is 0 Å². The molecule has 0 rings (SSSR count). The van der Waals surface area contributed by atoms with Crippen LogP contribution >= 0.6 is 0 Å². The zero-order chi connectivity index (χ0) is 17.6. The van der Waals surface area contributed by atoms with Crippen molar-refractivity contribution in [2.75, 3.05) is 0 Å². The third-order valence-corrected chi connectivity index (χ3v) is 1.22. The molecule has 0 atom stereocenters. The van der Waals surface area contributed by atoms with E-state index in [9.17, 15) is 29.7 Å². The Kier molecular flexibility index (Phi) is 23.8. The average molecular weight is 442 g/mol. The van der Waals surface area contributed by atoms with E-state index in [4.69, 9.17) is 0 Å². The maximum absolute atomic E-state index is 9.98. The Hall–Kier alpha value is -1.03. The zero-order valence-corrected chi connectivity index (χ0v) is 16.5. The molecule has 0 heterocycles. The summed E-state index contributed by atoms with van der Waals surface area (Å²) in [6, 6.07) is 0. The van der Waals surface area contributed by atoms with Gasteiger partial charge in [-0.1, -0.05) is 20.8 Å². The van der Waals surface area contributed by atoms with Crippen LogP contribution < -0.4 is 15.3 Å². The first-order valence-electron chi connectivity index (χ1n) is 5.96. The maximum atomic E-state index is 9.98. The van der Waals surface area contributed by atoms with E-state index in [2.05, 4.69) is 0 Å². The van der Waals surface area contributed by atoms with E-state index < -0.39 is 0 Å². The molecule has 0 spiro atoms. The van der Waals surface area contributed by atoms with Gasteiger partial charge in [-0.2, -0.15) is 0 Å². The van der Waals surface area contributed by atoms with Crippen molar-refractivity contribution in [3.8, 4) is 0 Å². The molecule has 7 heteroatoms. The van der Waals surface area contributed by atoms with Crippen LogP contribution in [0, 0.1) is 40.4 Å². The van der Waals surface area contributed by atoms with E-state index >= 15 is 0 Å². The molecule has 122 valence electrons. The minimum atomic E-state index is -0.187. The first-order chi connectivity index (χ1) is 9.38. The fourth-order valence-electron chi connectivity index (χ4n) is 0.859. The third-order valence-electron chi connectivity index (χ3n) is 1.22. The van der Waals surface area contributed by atoms with Gasteiger partial charge >= 0.3 is 40.4 Å². The quantitative estimate of drug-likeness (QED) is 0.430. The molecule has 0 radical (unpaired) electrons. The summed E-state index contributed by atoms with van der Waals surface area (Å²) in [5, 5.41) is 29.9. The second-order valence-corrected chi connectivity index (χ2v) is 4.10. The van der Waals surface area contributed by atoms with E-state index in [1.165, 1.54) is 41.5 Å². The number of rotatable bonds is 3. The Morgan fingerprint density at radius 2 is 0.682 bits per heavy atom. The van der Waals surface area contributed by atoms with Crippen molar-refractivity contribution in [2.24, 2.45) is 0 Å². The molecule has 0 aliphatic heterocycles. The summed E-state index contributed by atoms with van der Waals surface area (Å²) in [7, 11) is 0. The average Bonchev–Trinajstić information content (AvgIpc) is 2.10. The number of hydrogen-bond donors (Lipinski definition) is 0. The van der Waals surface area contributed by atoms with Gasteiger partial charge in [0.15, 0.2) is 17.3 Å². The Labute approximate surface area is 163 Å². The van der Waals surface area contributed by atoms with Crippen molar-refractivity contribution in [1.29, 1.82) is 0 Å². The van der Waals surface area contributed by atoms with Crippen molar-refractivity contribution in [2.45, 2.75) is 41.5 Å². The monoisotopic (exact) mass is 442 g/mol. The smallest absolute Gasteiger partial charge is 0.876 e. The van der Waals surface area contributed by atoms with Gasteiger partial charge in [0.25, 0.3) is 0 Å². The van der Waals surface area contributed by atoms with Crippen LogP contribution in [0.3, 0.4) is 0 Å². The summed E-state index contributed by atoms with van der Waals surface area (Å²) in [4.78, 5) is 29.9. The van der Waals surface area contributed by atoms with Crippen molar-refractivity contribution >= 4 is 17.3 Å². The van der Waals surface area contributed by atoms with Crippen LogP contribution in [0.4, 0.5) is 0 Å². The SMILES string of the molecule is CC(=O)/C=C(/C)[O-].CC(=O)/C=C(/C)[O-].CC(=O)/C=C(/C)[O-].[Pm+3]. The largest absolute Gasteiger partial charge is 3.00 e. The molecular weight excluding hydrogens is 421 g/mol. The van der Waals surface area contributed by atoms with Gasteiger partial charge in [0.2, 0.25) is 0 Å². The van der Waals surface area contributed by atoms with E-state index in [1.54, 1.807) is 0 Å². The molecule has 22 heavy (non-hydrogen) atoms. The molecular formula is C15H21O6Pm. The summed E-state index contributed by atoms with van der Waals surface area (Å²) < 4.78 is 0. The number of hydrogen-bond acceptors (Lipinski definition) is 6. The molecule has 6 nitrogen and oxygen atoms in total. The minimum Gasteiger partial charge on any atom is -0.876 e. The van der Waals surface area contributed by atoms with Crippen LogP contribution in [0.5, 0.6) is 0 Å². The summed E-state index contributed by atoms with van der Waals surface area (Å²) in [5.41, 5.74) is 0. The predicted molar refractivity (Wildman–Crippen MR) is 73.3 cm³/mol. The molecule has 0 N–H and O–H groups in total. The van der Waals surface area contributed by atoms with Gasteiger partial charge in [-0.05, 0) is 39.0 Å². The van der Waals surface area contributed by atoms with Crippen LogP contribution in [-0.2, 0) is 14.4 Å². The first-order valence-corrected chi connectivity index (χ1v) is 5.96. The molecule has 0 unspecified atom stereocenters. The Morgan fingerprint density at radius 3 is 0.682 bits per heavy atom. The van der Waals surface area contributed by atoms with E-state index in [0.29, 0.717) is 0 Å². The molecule has 0 bridgehead atoms. The molecule has 0 saturated heterocycles. The van der Waals surface area contributed by atoms with Gasteiger partial charge in [-0.3, -0.25) is 14.4 Å². The molecule has 0 saturated carbocycles. The number of ketones is 3. The topological polar surface area (TPSA) is 120 Å². The fourth-order valence-corrected chi connectivity index (χ4v) is 0.859. The van der Waals surface area contributed by atoms with Crippen LogP contribution in [0.25, 0.3) is 0 Å². The van der Waals surface area contributed by atoms with Gasteiger partial charge in [0.1, 0.15) is 0 Å². The standard InChI is InChI=1S/3C5H8O2.Pm/c3*1-4(6)3-5(2)7;/h3*3,6H,1-2H3;/q;;;+3/p-3/b3*4-3-;. The van der Waals surface area contributed by atoms with E-state index in [-0.39, 0.29) is 75.0 Å². The summed E-state index contributed by atoms with van der Waals surface area (Å²) in [6.45, 7) is 8.09. The van der Waals surface area contributed by atoms with Crippen LogP contribution in [0.2, 0.25) is 0 Å². The minimum absolute atomic E-state index is 0. The van der Waals surface area contributed by atoms with E-state index in [1.807, 2.05) is 0 Å². The second-order valence-electron chi connectivity index (χ2n) is 4.10. The van der Waals surface area contributed by atoms with Gasteiger partial charge in [-0.25, -0.2) is 0 Å². The normalized spacial score (nSPS) is 10.9. The Balaban J connectivity index is -0.000000108. The van der Waals surface area contributed by atoms with Crippen LogP contribution in [0.15, 0.2) is 35.5 Å². The molecule has 0 aromatic carbocycles. The molecule has 0 aliphatic rings. The van der Waals surface area contributed by atoms with Gasteiger partial charge in [-0.15, -0.1) is 17.3 Å². The van der Waals surface area contributed by atoms with Crippen molar-refractivity contribution in [3.05, 3.63) is 35.5 Å². The van der Waals surface area contributed by atoms with E-state index in [0.717, 1.165) is 18.2 Å². The Bertz CT molecular complexity index is 368. The second kappa shape index (κ2) is 18.0.